The third kappa shape index (κ3) is 3.57. The Morgan fingerprint density at radius 1 is 0.920 bits per heavy atom. The summed E-state index contributed by atoms with van der Waals surface area (Å²) in [6.07, 6.45) is 0.468. The van der Waals surface area contributed by atoms with Gasteiger partial charge in [0.2, 0.25) is 0 Å². The number of phenols is 3. The van der Waals surface area contributed by atoms with Gasteiger partial charge >= 0.3 is 0 Å². The van der Waals surface area contributed by atoms with Crippen LogP contribution in [0, 0.1) is 0 Å². The minimum Gasteiger partial charge on any atom is -0.508 e. The molecule has 0 spiro atoms. The number of rotatable bonds is 3. The van der Waals surface area contributed by atoms with Crippen LogP contribution in [0.15, 0.2) is 42.5 Å². The van der Waals surface area contributed by atoms with Crippen molar-refractivity contribution in [1.82, 2.24) is 14.8 Å². The quantitative estimate of drug-likeness (QED) is 0.636. The van der Waals surface area contributed by atoms with Crippen molar-refractivity contribution in [2.24, 2.45) is 0 Å². The van der Waals surface area contributed by atoms with E-state index in [9.17, 15) is 15.3 Å². The third-order valence-corrected chi connectivity index (χ3v) is 3.84. The highest BCUT2D eigenvalue weighted by Crippen LogP contribution is 2.28. The Labute approximate surface area is 146 Å². The maximum Gasteiger partial charge on any atom is 0.181 e. The lowest BCUT2D eigenvalue weighted by atomic mass is 10.1. The Bertz CT molecular complexity index is 893. The fraction of sp³-hybridized carbons (Fsp3) is 0.263. The number of phenolic OH excluding ortho intramolecular Hbond substituents is 3. The summed E-state index contributed by atoms with van der Waals surface area (Å²) in [7, 11) is 0. The average molecular weight is 339 g/mol. The fourth-order valence-electron chi connectivity index (χ4n) is 2.59. The Balaban J connectivity index is 2.02. The van der Waals surface area contributed by atoms with Gasteiger partial charge in [-0.2, -0.15) is 5.10 Å². The molecule has 0 saturated heterocycles. The van der Waals surface area contributed by atoms with Gasteiger partial charge in [-0.3, -0.25) is 0 Å². The van der Waals surface area contributed by atoms with Crippen LogP contribution >= 0.6 is 0 Å². The van der Waals surface area contributed by atoms with Crippen molar-refractivity contribution >= 4 is 0 Å². The molecule has 1 aromatic heterocycles. The summed E-state index contributed by atoms with van der Waals surface area (Å²) in [6, 6.07) is 11.5. The first-order chi connectivity index (χ1) is 11.7. The Morgan fingerprint density at radius 3 is 2.20 bits per heavy atom. The lowest BCUT2D eigenvalue weighted by Crippen LogP contribution is -2.25. The molecule has 0 radical (unpaired) electrons. The van der Waals surface area contributed by atoms with Gasteiger partial charge in [-0.1, -0.05) is 6.07 Å². The number of benzene rings is 2. The molecule has 6 nitrogen and oxygen atoms in total. The molecule has 6 heteroatoms. The molecule has 0 fully saturated rings. The van der Waals surface area contributed by atoms with Crippen molar-refractivity contribution in [2.45, 2.75) is 32.7 Å². The second-order valence-electron chi connectivity index (χ2n) is 6.98. The van der Waals surface area contributed by atoms with E-state index in [4.69, 9.17) is 0 Å². The molecule has 3 aromatic rings. The topological polar surface area (TPSA) is 91.4 Å². The molecule has 1 heterocycles. The minimum atomic E-state index is -0.267. The van der Waals surface area contributed by atoms with Crippen LogP contribution in [0.2, 0.25) is 0 Å². The number of aromatic nitrogens is 3. The van der Waals surface area contributed by atoms with Crippen LogP contribution in [-0.2, 0) is 12.0 Å². The summed E-state index contributed by atoms with van der Waals surface area (Å²) in [4.78, 5) is 4.65. The molecule has 0 aliphatic carbocycles. The van der Waals surface area contributed by atoms with Gasteiger partial charge in [-0.25, -0.2) is 9.67 Å². The molecule has 0 bridgehead atoms. The first kappa shape index (κ1) is 16.8. The van der Waals surface area contributed by atoms with Crippen molar-refractivity contribution in [3.63, 3.8) is 0 Å². The van der Waals surface area contributed by atoms with Crippen LogP contribution in [-0.4, -0.2) is 30.1 Å². The van der Waals surface area contributed by atoms with E-state index in [-0.39, 0.29) is 22.8 Å². The standard InChI is InChI=1S/C19H21N3O3/c1-19(2,3)22-17(11-12-4-9-15(24)16(25)10-12)20-18(21-22)13-5-7-14(23)8-6-13/h4-10,23-25H,11H2,1-3H3. The van der Waals surface area contributed by atoms with Crippen LogP contribution in [0.25, 0.3) is 11.4 Å². The van der Waals surface area contributed by atoms with Crippen molar-refractivity contribution in [1.29, 1.82) is 0 Å². The summed E-state index contributed by atoms with van der Waals surface area (Å²) in [5.74, 6) is 1.22. The summed E-state index contributed by atoms with van der Waals surface area (Å²) in [5.41, 5.74) is 1.37. The van der Waals surface area contributed by atoms with Gasteiger partial charge in [0.1, 0.15) is 11.6 Å². The zero-order valence-corrected chi connectivity index (χ0v) is 14.4. The fourth-order valence-corrected chi connectivity index (χ4v) is 2.59. The maximum absolute atomic E-state index is 9.70. The molecule has 25 heavy (non-hydrogen) atoms. The number of hydrogen-bond acceptors (Lipinski definition) is 5. The van der Waals surface area contributed by atoms with E-state index < -0.39 is 0 Å². The first-order valence-corrected chi connectivity index (χ1v) is 8.01. The number of aromatic hydroxyl groups is 3. The summed E-state index contributed by atoms with van der Waals surface area (Å²) >= 11 is 0. The Hall–Kier alpha value is -3.02. The van der Waals surface area contributed by atoms with Gasteiger partial charge in [-0.05, 0) is 62.7 Å². The lowest BCUT2D eigenvalue weighted by molar-refractivity contribution is 0.344. The number of hydrogen-bond donors (Lipinski definition) is 3. The van der Waals surface area contributed by atoms with Gasteiger partial charge in [0.25, 0.3) is 0 Å². The van der Waals surface area contributed by atoms with Gasteiger partial charge in [0.15, 0.2) is 17.3 Å². The maximum atomic E-state index is 9.70. The van der Waals surface area contributed by atoms with Crippen LogP contribution in [0.1, 0.15) is 32.2 Å². The molecular weight excluding hydrogens is 318 g/mol. The van der Waals surface area contributed by atoms with E-state index in [1.807, 2.05) is 25.5 Å². The molecule has 3 N–H and O–H groups in total. The third-order valence-electron chi connectivity index (χ3n) is 3.84. The molecule has 3 rings (SSSR count). The molecule has 0 aliphatic rings. The normalized spacial score (nSPS) is 11.6. The van der Waals surface area contributed by atoms with E-state index >= 15 is 0 Å². The largest absolute Gasteiger partial charge is 0.508 e. The first-order valence-electron chi connectivity index (χ1n) is 8.01. The molecule has 130 valence electrons. The number of nitrogens with zero attached hydrogens (tertiary/aromatic N) is 3. The lowest BCUT2D eigenvalue weighted by Gasteiger charge is -2.21. The van der Waals surface area contributed by atoms with Crippen molar-refractivity contribution in [2.75, 3.05) is 0 Å². The predicted molar refractivity (Wildman–Crippen MR) is 94.7 cm³/mol. The second kappa shape index (κ2) is 6.12. The summed E-state index contributed by atoms with van der Waals surface area (Å²) < 4.78 is 1.86. The van der Waals surface area contributed by atoms with E-state index in [1.165, 1.54) is 12.1 Å². The van der Waals surface area contributed by atoms with E-state index in [0.717, 1.165) is 17.0 Å². The van der Waals surface area contributed by atoms with Gasteiger partial charge in [0.05, 0.1) is 5.54 Å². The van der Waals surface area contributed by atoms with Crippen molar-refractivity contribution in [3.05, 3.63) is 53.9 Å². The Morgan fingerprint density at radius 2 is 1.60 bits per heavy atom. The molecule has 0 unspecified atom stereocenters. The Kier molecular flexibility index (Phi) is 4.12. The minimum absolute atomic E-state index is 0.147. The zero-order valence-electron chi connectivity index (χ0n) is 14.4. The SMILES string of the molecule is CC(C)(C)n1nc(-c2ccc(O)cc2)nc1Cc1ccc(O)c(O)c1. The molecule has 0 saturated carbocycles. The van der Waals surface area contributed by atoms with E-state index in [2.05, 4.69) is 10.1 Å². The highest BCUT2D eigenvalue weighted by atomic mass is 16.3. The predicted octanol–water partition coefficient (Wildman–Crippen LogP) is 3.41. The van der Waals surface area contributed by atoms with Gasteiger partial charge in [-0.15, -0.1) is 0 Å². The van der Waals surface area contributed by atoms with Crippen LogP contribution < -0.4 is 0 Å². The highest BCUT2D eigenvalue weighted by Gasteiger charge is 2.22. The zero-order chi connectivity index (χ0) is 18.2. The van der Waals surface area contributed by atoms with Gasteiger partial charge < -0.3 is 15.3 Å². The van der Waals surface area contributed by atoms with E-state index in [0.29, 0.717) is 12.2 Å². The summed E-state index contributed by atoms with van der Waals surface area (Å²) in [6.45, 7) is 6.13. The van der Waals surface area contributed by atoms with Crippen LogP contribution in [0.5, 0.6) is 17.2 Å². The second-order valence-corrected chi connectivity index (χ2v) is 6.98. The average Bonchev–Trinajstić information content (AvgIpc) is 2.96. The molecule has 2 aromatic carbocycles. The summed E-state index contributed by atoms with van der Waals surface area (Å²) in [5, 5.41) is 33.2. The van der Waals surface area contributed by atoms with Crippen molar-refractivity contribution < 1.29 is 15.3 Å². The highest BCUT2D eigenvalue weighted by molar-refractivity contribution is 5.56. The van der Waals surface area contributed by atoms with Gasteiger partial charge in [0, 0.05) is 12.0 Å². The monoisotopic (exact) mass is 339 g/mol. The van der Waals surface area contributed by atoms with Crippen LogP contribution in [0.4, 0.5) is 0 Å². The van der Waals surface area contributed by atoms with Crippen molar-refractivity contribution in [3.8, 4) is 28.6 Å². The van der Waals surface area contributed by atoms with Crippen LogP contribution in [0.3, 0.4) is 0 Å². The van der Waals surface area contributed by atoms with E-state index in [1.54, 1.807) is 30.3 Å². The molecular formula is C19H21N3O3. The smallest absolute Gasteiger partial charge is 0.181 e. The molecule has 0 atom stereocenters. The molecule has 0 amide bonds. The molecule has 0 aliphatic heterocycles.